The molecule has 0 saturated carbocycles. The number of anilines is 5. The van der Waals surface area contributed by atoms with Gasteiger partial charge in [0.15, 0.2) is 0 Å². The molecule has 0 spiro atoms. The maximum Gasteiger partial charge on any atom is 0.229 e. The van der Waals surface area contributed by atoms with Crippen LogP contribution in [0.25, 0.3) is 0 Å². The third-order valence-corrected chi connectivity index (χ3v) is 6.98. The standard InChI is InChI=1S/C28H32N6O2/c1-18-6-11-24(14-19(18)2)34-17-21(15-27(34)35)28(36)32-23-9-7-22(8-10-23)31-25-16-26(30-20(3)29-25)33-12-4-5-13-33/h6-11,14,16,21H,4-5,12-13,15,17H2,1-3H3,(H,32,36)(H,29,30,31). The van der Waals surface area contributed by atoms with Gasteiger partial charge in [-0.15, -0.1) is 0 Å². The van der Waals surface area contributed by atoms with Gasteiger partial charge in [-0.3, -0.25) is 9.59 Å². The minimum atomic E-state index is -0.384. The highest BCUT2D eigenvalue weighted by Gasteiger charge is 2.35. The van der Waals surface area contributed by atoms with Crippen molar-refractivity contribution in [2.45, 2.75) is 40.0 Å². The predicted octanol–water partition coefficient (Wildman–Crippen LogP) is 4.74. The molecule has 2 amide bonds. The molecule has 2 N–H and O–H groups in total. The number of benzene rings is 2. The van der Waals surface area contributed by atoms with Crippen molar-refractivity contribution in [3.8, 4) is 0 Å². The molecule has 2 saturated heterocycles. The van der Waals surface area contributed by atoms with E-state index in [9.17, 15) is 9.59 Å². The Morgan fingerprint density at radius 2 is 1.64 bits per heavy atom. The minimum absolute atomic E-state index is 0.0219. The molecular weight excluding hydrogens is 452 g/mol. The second-order valence-electron chi connectivity index (χ2n) is 9.72. The average molecular weight is 485 g/mol. The summed E-state index contributed by atoms with van der Waals surface area (Å²) < 4.78 is 0. The van der Waals surface area contributed by atoms with E-state index in [1.54, 1.807) is 4.90 Å². The lowest BCUT2D eigenvalue weighted by molar-refractivity contribution is -0.122. The van der Waals surface area contributed by atoms with Crippen molar-refractivity contribution < 1.29 is 9.59 Å². The van der Waals surface area contributed by atoms with Crippen LogP contribution >= 0.6 is 0 Å². The second kappa shape index (κ2) is 9.97. The van der Waals surface area contributed by atoms with Crippen LogP contribution in [0.3, 0.4) is 0 Å². The number of rotatable bonds is 6. The summed E-state index contributed by atoms with van der Waals surface area (Å²) in [4.78, 5) is 38.6. The minimum Gasteiger partial charge on any atom is -0.356 e. The molecule has 2 aliphatic rings. The quantitative estimate of drug-likeness (QED) is 0.525. The van der Waals surface area contributed by atoms with Gasteiger partial charge in [-0.05, 0) is 81.1 Å². The molecule has 1 atom stereocenters. The van der Waals surface area contributed by atoms with Gasteiger partial charge in [-0.25, -0.2) is 9.97 Å². The summed E-state index contributed by atoms with van der Waals surface area (Å²) in [6.07, 6.45) is 2.60. The Hall–Kier alpha value is -3.94. The van der Waals surface area contributed by atoms with Crippen molar-refractivity contribution >= 4 is 40.5 Å². The molecule has 2 fully saturated rings. The van der Waals surface area contributed by atoms with Gasteiger partial charge in [0.05, 0.1) is 5.92 Å². The summed E-state index contributed by atoms with van der Waals surface area (Å²) in [6.45, 7) is 8.42. The molecule has 186 valence electrons. The van der Waals surface area contributed by atoms with Crippen LogP contribution in [0, 0.1) is 26.7 Å². The van der Waals surface area contributed by atoms with Gasteiger partial charge in [0.25, 0.3) is 0 Å². The summed E-state index contributed by atoms with van der Waals surface area (Å²) >= 11 is 0. The lowest BCUT2D eigenvalue weighted by Crippen LogP contribution is -2.28. The fraction of sp³-hybridized carbons (Fsp3) is 0.357. The fourth-order valence-electron chi connectivity index (χ4n) is 4.78. The molecule has 3 aromatic rings. The maximum absolute atomic E-state index is 12.9. The Morgan fingerprint density at radius 1 is 0.917 bits per heavy atom. The molecule has 36 heavy (non-hydrogen) atoms. The van der Waals surface area contributed by atoms with Gasteiger partial charge in [0, 0.05) is 49.2 Å². The van der Waals surface area contributed by atoms with E-state index in [1.165, 1.54) is 18.4 Å². The van der Waals surface area contributed by atoms with Crippen LogP contribution in [0.1, 0.15) is 36.2 Å². The number of carbonyl (C=O) groups excluding carboxylic acids is 2. The third kappa shape index (κ3) is 5.17. The van der Waals surface area contributed by atoms with Gasteiger partial charge in [-0.1, -0.05) is 6.07 Å². The monoisotopic (exact) mass is 484 g/mol. The summed E-state index contributed by atoms with van der Waals surface area (Å²) in [5.74, 6) is 1.88. The van der Waals surface area contributed by atoms with Gasteiger partial charge in [0.2, 0.25) is 11.8 Å². The first-order chi connectivity index (χ1) is 17.4. The van der Waals surface area contributed by atoms with Gasteiger partial charge >= 0.3 is 0 Å². The number of nitrogens with one attached hydrogen (secondary N) is 2. The van der Waals surface area contributed by atoms with Gasteiger partial charge in [0.1, 0.15) is 17.5 Å². The van der Waals surface area contributed by atoms with Crippen molar-refractivity contribution in [1.29, 1.82) is 0 Å². The third-order valence-electron chi connectivity index (χ3n) is 6.98. The zero-order chi connectivity index (χ0) is 25.2. The summed E-state index contributed by atoms with van der Waals surface area (Å²) in [5, 5.41) is 6.31. The van der Waals surface area contributed by atoms with Gasteiger partial charge in [-0.2, -0.15) is 0 Å². The van der Waals surface area contributed by atoms with E-state index in [0.29, 0.717) is 12.2 Å². The normalized spacial score (nSPS) is 17.5. The molecule has 2 aliphatic heterocycles. The molecule has 1 unspecified atom stereocenters. The molecule has 8 heteroatoms. The number of aryl methyl sites for hydroxylation is 3. The number of nitrogens with zero attached hydrogens (tertiary/aromatic N) is 4. The highest BCUT2D eigenvalue weighted by molar-refractivity contribution is 6.03. The average Bonchev–Trinajstić information content (AvgIpc) is 3.52. The van der Waals surface area contributed by atoms with Crippen molar-refractivity contribution in [2.24, 2.45) is 5.92 Å². The highest BCUT2D eigenvalue weighted by Crippen LogP contribution is 2.28. The lowest BCUT2D eigenvalue weighted by atomic mass is 10.1. The number of amides is 2. The second-order valence-corrected chi connectivity index (χ2v) is 9.72. The van der Waals surface area contributed by atoms with Crippen molar-refractivity contribution in [3.05, 3.63) is 65.5 Å². The first-order valence-corrected chi connectivity index (χ1v) is 12.5. The van der Waals surface area contributed by atoms with Crippen LogP contribution in [0.2, 0.25) is 0 Å². The number of carbonyl (C=O) groups is 2. The van der Waals surface area contributed by atoms with E-state index in [-0.39, 0.29) is 24.2 Å². The first kappa shape index (κ1) is 23.8. The Balaban J connectivity index is 1.20. The maximum atomic E-state index is 12.9. The van der Waals surface area contributed by atoms with Crippen molar-refractivity contribution in [2.75, 3.05) is 40.1 Å². The van der Waals surface area contributed by atoms with E-state index in [0.717, 1.165) is 47.5 Å². The van der Waals surface area contributed by atoms with E-state index >= 15 is 0 Å². The molecule has 8 nitrogen and oxygen atoms in total. The van der Waals surface area contributed by atoms with Crippen LogP contribution in [-0.4, -0.2) is 41.4 Å². The molecule has 0 bridgehead atoms. The zero-order valence-corrected chi connectivity index (χ0v) is 21.0. The molecule has 5 rings (SSSR count). The Labute approximate surface area is 211 Å². The molecule has 0 aliphatic carbocycles. The lowest BCUT2D eigenvalue weighted by Gasteiger charge is -2.18. The smallest absolute Gasteiger partial charge is 0.229 e. The number of aromatic nitrogens is 2. The number of hydrogen-bond acceptors (Lipinski definition) is 6. The topological polar surface area (TPSA) is 90.5 Å². The van der Waals surface area contributed by atoms with Crippen LogP contribution < -0.4 is 20.4 Å². The molecule has 3 heterocycles. The summed E-state index contributed by atoms with van der Waals surface area (Å²) in [5.41, 5.74) is 4.72. The largest absolute Gasteiger partial charge is 0.356 e. The van der Waals surface area contributed by atoms with E-state index in [4.69, 9.17) is 0 Å². The number of hydrogen-bond donors (Lipinski definition) is 2. The van der Waals surface area contributed by atoms with E-state index in [1.807, 2.05) is 69.3 Å². The predicted molar refractivity (Wildman–Crippen MR) is 143 cm³/mol. The first-order valence-electron chi connectivity index (χ1n) is 12.5. The Kier molecular flexibility index (Phi) is 6.59. The van der Waals surface area contributed by atoms with Crippen LogP contribution in [0.5, 0.6) is 0 Å². The van der Waals surface area contributed by atoms with E-state index < -0.39 is 0 Å². The van der Waals surface area contributed by atoms with Gasteiger partial charge < -0.3 is 20.4 Å². The van der Waals surface area contributed by atoms with E-state index in [2.05, 4.69) is 25.5 Å². The fourth-order valence-corrected chi connectivity index (χ4v) is 4.78. The summed E-state index contributed by atoms with van der Waals surface area (Å²) in [6, 6.07) is 15.5. The van der Waals surface area contributed by atoms with Crippen molar-refractivity contribution in [1.82, 2.24) is 9.97 Å². The molecular formula is C28H32N6O2. The van der Waals surface area contributed by atoms with Crippen LogP contribution in [-0.2, 0) is 9.59 Å². The molecule has 0 radical (unpaired) electrons. The Bertz CT molecular complexity index is 1280. The SMILES string of the molecule is Cc1nc(Nc2ccc(NC(=O)C3CC(=O)N(c4ccc(C)c(C)c4)C3)cc2)cc(N2CCCC2)n1. The Morgan fingerprint density at radius 3 is 2.36 bits per heavy atom. The highest BCUT2D eigenvalue weighted by atomic mass is 16.2. The molecule has 1 aromatic heterocycles. The molecule has 2 aromatic carbocycles. The zero-order valence-electron chi connectivity index (χ0n) is 21.0. The summed E-state index contributed by atoms with van der Waals surface area (Å²) in [7, 11) is 0. The van der Waals surface area contributed by atoms with Crippen LogP contribution in [0.15, 0.2) is 48.5 Å². The van der Waals surface area contributed by atoms with Crippen molar-refractivity contribution in [3.63, 3.8) is 0 Å². The van der Waals surface area contributed by atoms with Crippen LogP contribution in [0.4, 0.5) is 28.7 Å².